The third-order valence-electron chi connectivity index (χ3n) is 3.31. The Hall–Kier alpha value is -1.55. The van der Waals surface area contributed by atoms with E-state index in [-0.39, 0.29) is 12.8 Å². The lowest BCUT2D eigenvalue weighted by Crippen LogP contribution is -2.23. The van der Waals surface area contributed by atoms with Crippen molar-refractivity contribution >= 4 is 5.97 Å². The number of esters is 1. The zero-order chi connectivity index (χ0) is 13.2. The number of aryl methyl sites for hydroxylation is 1. The number of hydrogen-bond acceptors (Lipinski definition) is 4. The minimum Gasteiger partial charge on any atom is -0.468 e. The van der Waals surface area contributed by atoms with Crippen LogP contribution >= 0.6 is 0 Å². The van der Waals surface area contributed by atoms with Gasteiger partial charge in [0.05, 0.1) is 12.5 Å². The van der Waals surface area contributed by atoms with E-state index in [2.05, 4.69) is 0 Å². The van der Waals surface area contributed by atoms with Crippen molar-refractivity contribution in [3.63, 3.8) is 0 Å². The summed E-state index contributed by atoms with van der Waals surface area (Å²) < 4.78 is 15.4. The largest absolute Gasteiger partial charge is 0.468 e. The number of carbonyl (C=O) groups excluding carboxylic acids is 1. The topological polar surface area (TPSA) is 44.8 Å². The third-order valence-corrected chi connectivity index (χ3v) is 3.31. The number of benzene rings is 1. The predicted molar refractivity (Wildman–Crippen MR) is 66.6 cm³/mol. The minimum absolute atomic E-state index is 0.174. The normalized spacial score (nSPS) is 16.2. The van der Waals surface area contributed by atoms with Gasteiger partial charge < -0.3 is 14.2 Å². The first-order chi connectivity index (χ1) is 8.64. The molecule has 1 saturated carbocycles. The molecule has 0 aromatic heterocycles. The molecular weight excluding hydrogens is 232 g/mol. The Morgan fingerprint density at radius 3 is 2.61 bits per heavy atom. The second-order valence-corrected chi connectivity index (χ2v) is 4.62. The van der Waals surface area contributed by atoms with Crippen LogP contribution in [-0.4, -0.2) is 27.0 Å². The highest BCUT2D eigenvalue weighted by Gasteiger charge is 2.54. The Kier molecular flexibility index (Phi) is 3.57. The van der Waals surface area contributed by atoms with Crippen molar-refractivity contribution in [2.45, 2.75) is 25.2 Å². The summed E-state index contributed by atoms with van der Waals surface area (Å²) in [5.74, 6) is 0.515. The predicted octanol–water partition coefficient (Wildman–Crippen LogP) is 2.18. The zero-order valence-electron chi connectivity index (χ0n) is 11.0. The molecule has 0 unspecified atom stereocenters. The van der Waals surface area contributed by atoms with Crippen LogP contribution in [-0.2, 0) is 19.7 Å². The molecule has 1 fully saturated rings. The van der Waals surface area contributed by atoms with Gasteiger partial charge in [0.25, 0.3) is 0 Å². The molecule has 1 aliphatic rings. The fourth-order valence-electron chi connectivity index (χ4n) is 2.17. The van der Waals surface area contributed by atoms with Crippen LogP contribution < -0.4 is 4.74 Å². The van der Waals surface area contributed by atoms with E-state index in [9.17, 15) is 4.79 Å². The molecule has 0 N–H and O–H groups in total. The Morgan fingerprint density at radius 1 is 1.33 bits per heavy atom. The molecule has 1 aliphatic carbocycles. The lowest BCUT2D eigenvalue weighted by Gasteiger charge is -2.18. The Bertz CT molecular complexity index is 449. The highest BCUT2D eigenvalue weighted by atomic mass is 16.7. The van der Waals surface area contributed by atoms with Gasteiger partial charge >= 0.3 is 5.97 Å². The molecule has 0 heterocycles. The molecule has 4 heteroatoms. The first-order valence-corrected chi connectivity index (χ1v) is 5.95. The molecule has 1 aromatic rings. The van der Waals surface area contributed by atoms with Gasteiger partial charge in [-0.05, 0) is 25.8 Å². The average molecular weight is 250 g/mol. The van der Waals surface area contributed by atoms with E-state index in [0.717, 1.165) is 24.0 Å². The van der Waals surface area contributed by atoms with Crippen molar-refractivity contribution < 1.29 is 19.0 Å². The first-order valence-electron chi connectivity index (χ1n) is 5.95. The van der Waals surface area contributed by atoms with Crippen LogP contribution in [0.1, 0.15) is 24.0 Å². The van der Waals surface area contributed by atoms with Crippen LogP contribution in [0.4, 0.5) is 0 Å². The highest BCUT2D eigenvalue weighted by molar-refractivity contribution is 5.87. The minimum atomic E-state index is -0.510. The Balaban J connectivity index is 2.36. The molecule has 0 amide bonds. The SMILES string of the molecule is COCOc1ccc(C)cc1C1(C(=O)OC)CC1. The van der Waals surface area contributed by atoms with E-state index in [1.807, 2.05) is 25.1 Å². The van der Waals surface area contributed by atoms with Gasteiger partial charge in [-0.2, -0.15) is 0 Å². The molecule has 0 radical (unpaired) electrons. The van der Waals surface area contributed by atoms with Gasteiger partial charge in [-0.25, -0.2) is 0 Å². The maximum absolute atomic E-state index is 11.9. The van der Waals surface area contributed by atoms with Gasteiger partial charge in [0, 0.05) is 12.7 Å². The summed E-state index contributed by atoms with van der Waals surface area (Å²) in [6.07, 6.45) is 1.62. The molecule has 1 aromatic carbocycles. The molecule has 0 bridgehead atoms. The second-order valence-electron chi connectivity index (χ2n) is 4.62. The van der Waals surface area contributed by atoms with Gasteiger partial charge in [-0.15, -0.1) is 0 Å². The van der Waals surface area contributed by atoms with Gasteiger partial charge in [0.1, 0.15) is 5.75 Å². The monoisotopic (exact) mass is 250 g/mol. The fraction of sp³-hybridized carbons (Fsp3) is 0.500. The molecule has 0 saturated heterocycles. The van der Waals surface area contributed by atoms with Crippen molar-refractivity contribution in [1.82, 2.24) is 0 Å². The molecule has 18 heavy (non-hydrogen) atoms. The van der Waals surface area contributed by atoms with Crippen molar-refractivity contribution in [3.05, 3.63) is 29.3 Å². The molecule has 0 atom stereocenters. The number of ether oxygens (including phenoxy) is 3. The summed E-state index contributed by atoms with van der Waals surface area (Å²) in [4.78, 5) is 11.9. The van der Waals surface area contributed by atoms with Gasteiger partial charge in [-0.1, -0.05) is 17.7 Å². The maximum atomic E-state index is 11.9. The number of rotatable bonds is 5. The van der Waals surface area contributed by atoms with E-state index >= 15 is 0 Å². The van der Waals surface area contributed by atoms with Crippen LogP contribution in [0, 0.1) is 6.92 Å². The first kappa shape index (κ1) is 12.9. The standard InChI is InChI=1S/C14H18O4/c1-10-4-5-12(18-9-16-2)11(8-10)14(6-7-14)13(15)17-3/h4-5,8H,6-7,9H2,1-3H3. The molecular formula is C14H18O4. The molecule has 4 nitrogen and oxygen atoms in total. The van der Waals surface area contributed by atoms with Gasteiger partial charge in [0.15, 0.2) is 6.79 Å². The zero-order valence-corrected chi connectivity index (χ0v) is 11.0. The van der Waals surface area contributed by atoms with Crippen LogP contribution in [0.2, 0.25) is 0 Å². The summed E-state index contributed by atoms with van der Waals surface area (Å²) in [5, 5.41) is 0. The van der Waals surface area contributed by atoms with Crippen molar-refractivity contribution in [2.75, 3.05) is 21.0 Å². The summed E-state index contributed by atoms with van der Waals surface area (Å²) in [6.45, 7) is 2.17. The maximum Gasteiger partial charge on any atom is 0.316 e. The van der Waals surface area contributed by atoms with E-state index in [1.54, 1.807) is 7.11 Å². The summed E-state index contributed by atoms with van der Waals surface area (Å²) in [6, 6.07) is 5.84. The molecule has 2 rings (SSSR count). The number of methoxy groups -OCH3 is 2. The molecule has 0 aliphatic heterocycles. The number of hydrogen-bond donors (Lipinski definition) is 0. The van der Waals surface area contributed by atoms with E-state index in [0.29, 0.717) is 5.75 Å². The van der Waals surface area contributed by atoms with Crippen molar-refractivity contribution in [2.24, 2.45) is 0 Å². The molecule has 0 spiro atoms. The van der Waals surface area contributed by atoms with Gasteiger partial charge in [-0.3, -0.25) is 4.79 Å². The van der Waals surface area contributed by atoms with E-state index < -0.39 is 5.41 Å². The quantitative estimate of drug-likeness (QED) is 0.593. The van der Waals surface area contributed by atoms with E-state index in [4.69, 9.17) is 14.2 Å². The Morgan fingerprint density at radius 2 is 2.06 bits per heavy atom. The fourth-order valence-corrected chi connectivity index (χ4v) is 2.17. The van der Waals surface area contributed by atoms with Crippen LogP contribution in [0.25, 0.3) is 0 Å². The summed E-state index contributed by atoms with van der Waals surface area (Å²) >= 11 is 0. The third kappa shape index (κ3) is 2.20. The van der Waals surface area contributed by atoms with E-state index in [1.165, 1.54) is 7.11 Å². The summed E-state index contributed by atoms with van der Waals surface area (Å²) in [7, 11) is 2.99. The average Bonchev–Trinajstić information content (AvgIpc) is 3.17. The van der Waals surface area contributed by atoms with Crippen molar-refractivity contribution in [3.8, 4) is 5.75 Å². The lowest BCUT2D eigenvalue weighted by atomic mass is 9.93. The van der Waals surface area contributed by atoms with Gasteiger partial charge in [0.2, 0.25) is 0 Å². The smallest absolute Gasteiger partial charge is 0.316 e. The van der Waals surface area contributed by atoms with Crippen LogP contribution in [0.5, 0.6) is 5.75 Å². The lowest BCUT2D eigenvalue weighted by molar-refractivity contribution is -0.143. The second kappa shape index (κ2) is 4.98. The van der Waals surface area contributed by atoms with Crippen molar-refractivity contribution in [1.29, 1.82) is 0 Å². The van der Waals surface area contributed by atoms with Crippen LogP contribution in [0.15, 0.2) is 18.2 Å². The van der Waals surface area contributed by atoms with Crippen LogP contribution in [0.3, 0.4) is 0 Å². The molecule has 98 valence electrons. The number of carbonyl (C=O) groups is 1. The summed E-state index contributed by atoms with van der Waals surface area (Å²) in [5.41, 5.74) is 1.50. The Labute approximate surface area is 107 Å². The highest BCUT2D eigenvalue weighted by Crippen LogP contribution is 2.52.